The minimum absolute atomic E-state index is 0.975. The fourth-order valence-corrected chi connectivity index (χ4v) is 2.95. The van der Waals surface area contributed by atoms with Crippen molar-refractivity contribution in [1.82, 2.24) is 10.2 Å². The summed E-state index contributed by atoms with van der Waals surface area (Å²) in [6.45, 7) is 14.6. The van der Waals surface area contributed by atoms with E-state index in [1.807, 2.05) is 0 Å². The lowest BCUT2D eigenvalue weighted by Gasteiger charge is -2.37. The average Bonchev–Trinajstić information content (AvgIpc) is 2.47. The van der Waals surface area contributed by atoms with Crippen molar-refractivity contribution in [3.8, 4) is 0 Å². The third-order valence-corrected chi connectivity index (χ3v) is 4.05. The second kappa shape index (κ2) is 7.65. The molecule has 3 nitrogen and oxygen atoms in total. The zero-order valence-corrected chi connectivity index (χ0v) is 13.3. The first-order chi connectivity index (χ1) is 9.74. The lowest BCUT2D eigenvalue weighted by molar-refractivity contribution is 0.258. The summed E-state index contributed by atoms with van der Waals surface area (Å²) in [5.41, 5.74) is 4.22. The fourth-order valence-electron chi connectivity index (χ4n) is 2.95. The summed E-state index contributed by atoms with van der Waals surface area (Å²) in [5, 5.41) is 3.46. The van der Waals surface area contributed by atoms with Gasteiger partial charge >= 0.3 is 0 Å². The minimum atomic E-state index is 0.975. The Labute approximate surface area is 124 Å². The first-order valence-electron chi connectivity index (χ1n) is 8.02. The van der Waals surface area contributed by atoms with Gasteiger partial charge in [0.15, 0.2) is 0 Å². The van der Waals surface area contributed by atoms with Crippen LogP contribution in [0.15, 0.2) is 18.2 Å². The van der Waals surface area contributed by atoms with Gasteiger partial charge < -0.3 is 10.2 Å². The van der Waals surface area contributed by atoms with Crippen LogP contribution in [0.2, 0.25) is 0 Å². The highest BCUT2D eigenvalue weighted by atomic mass is 15.3. The van der Waals surface area contributed by atoms with Crippen LogP contribution in [0.1, 0.15) is 31.4 Å². The van der Waals surface area contributed by atoms with E-state index >= 15 is 0 Å². The van der Waals surface area contributed by atoms with Crippen LogP contribution in [0.4, 0.5) is 5.69 Å². The van der Waals surface area contributed by atoms with Crippen LogP contribution in [0.3, 0.4) is 0 Å². The summed E-state index contributed by atoms with van der Waals surface area (Å²) in [4.78, 5) is 5.13. The van der Waals surface area contributed by atoms with Gasteiger partial charge in [0.25, 0.3) is 0 Å². The van der Waals surface area contributed by atoms with E-state index in [1.165, 1.54) is 42.9 Å². The highest BCUT2D eigenvalue weighted by molar-refractivity contribution is 5.55. The highest BCUT2D eigenvalue weighted by Crippen LogP contribution is 2.23. The van der Waals surface area contributed by atoms with E-state index in [0.717, 1.165) is 26.2 Å². The molecule has 1 fully saturated rings. The van der Waals surface area contributed by atoms with Gasteiger partial charge in [-0.2, -0.15) is 0 Å². The molecule has 1 aliphatic rings. The van der Waals surface area contributed by atoms with E-state index in [9.17, 15) is 0 Å². The average molecular weight is 275 g/mol. The molecule has 0 spiro atoms. The van der Waals surface area contributed by atoms with Crippen molar-refractivity contribution in [3.63, 3.8) is 0 Å². The zero-order valence-electron chi connectivity index (χ0n) is 13.3. The van der Waals surface area contributed by atoms with E-state index in [0.29, 0.717) is 0 Å². The van der Waals surface area contributed by atoms with Crippen LogP contribution in [0.25, 0.3) is 0 Å². The number of anilines is 1. The van der Waals surface area contributed by atoms with Gasteiger partial charge in [0.2, 0.25) is 0 Å². The molecule has 1 heterocycles. The highest BCUT2D eigenvalue weighted by Gasteiger charge is 2.18. The number of hydrogen-bond donors (Lipinski definition) is 1. The normalized spacial score (nSPS) is 16.6. The quantitative estimate of drug-likeness (QED) is 0.861. The molecule has 3 heteroatoms. The van der Waals surface area contributed by atoms with Crippen LogP contribution in [-0.4, -0.2) is 44.2 Å². The van der Waals surface area contributed by atoms with Gasteiger partial charge in [-0.3, -0.25) is 4.90 Å². The van der Waals surface area contributed by atoms with Crippen molar-refractivity contribution in [3.05, 3.63) is 29.3 Å². The van der Waals surface area contributed by atoms with Crippen LogP contribution in [0, 0.1) is 6.92 Å². The van der Waals surface area contributed by atoms with Crippen molar-refractivity contribution in [2.24, 2.45) is 0 Å². The molecule has 1 saturated heterocycles. The molecule has 20 heavy (non-hydrogen) atoms. The van der Waals surface area contributed by atoms with E-state index < -0.39 is 0 Å². The smallest absolute Gasteiger partial charge is 0.0412 e. The van der Waals surface area contributed by atoms with Crippen molar-refractivity contribution < 1.29 is 0 Å². The molecular weight excluding hydrogens is 246 g/mol. The number of nitrogens with zero attached hydrogens (tertiary/aromatic N) is 2. The van der Waals surface area contributed by atoms with Crippen molar-refractivity contribution >= 4 is 5.69 Å². The van der Waals surface area contributed by atoms with Crippen LogP contribution in [-0.2, 0) is 6.54 Å². The molecule has 0 radical (unpaired) electrons. The maximum atomic E-state index is 3.46. The summed E-state index contributed by atoms with van der Waals surface area (Å²) < 4.78 is 0. The second-order valence-electron chi connectivity index (χ2n) is 5.74. The largest absolute Gasteiger partial charge is 0.369 e. The van der Waals surface area contributed by atoms with Crippen molar-refractivity contribution in [2.75, 3.05) is 44.2 Å². The molecule has 1 aromatic carbocycles. The van der Waals surface area contributed by atoms with E-state index in [4.69, 9.17) is 0 Å². The van der Waals surface area contributed by atoms with Crippen LogP contribution < -0.4 is 10.2 Å². The van der Waals surface area contributed by atoms with Gasteiger partial charge in [-0.1, -0.05) is 31.5 Å². The predicted octanol–water partition coefficient (Wildman–Crippen LogP) is 2.64. The first-order valence-corrected chi connectivity index (χ1v) is 8.02. The van der Waals surface area contributed by atoms with Crippen LogP contribution >= 0.6 is 0 Å². The number of piperazine rings is 1. The molecule has 0 unspecified atom stereocenters. The van der Waals surface area contributed by atoms with Gasteiger partial charge in [0, 0.05) is 38.4 Å². The topological polar surface area (TPSA) is 18.5 Å². The van der Waals surface area contributed by atoms with Gasteiger partial charge in [-0.05, 0) is 38.1 Å². The number of hydrogen-bond acceptors (Lipinski definition) is 3. The lowest BCUT2D eigenvalue weighted by Crippen LogP contribution is -2.46. The maximum absolute atomic E-state index is 3.46. The monoisotopic (exact) mass is 275 g/mol. The standard InChI is InChI=1S/C17H29N3/c1-4-8-19-9-11-20(12-10-19)17-7-6-15(3)13-16(17)14-18-5-2/h6-7,13,18H,4-5,8-12,14H2,1-3H3. The molecular formula is C17H29N3. The van der Waals surface area contributed by atoms with Crippen molar-refractivity contribution in [2.45, 2.75) is 33.7 Å². The van der Waals surface area contributed by atoms with Gasteiger partial charge in [0.1, 0.15) is 0 Å². The first kappa shape index (κ1) is 15.3. The Bertz CT molecular complexity index is 409. The SMILES string of the molecule is CCCN1CCN(c2ccc(C)cc2CNCC)CC1. The van der Waals surface area contributed by atoms with Crippen LogP contribution in [0.5, 0.6) is 0 Å². The summed E-state index contributed by atoms with van der Waals surface area (Å²) in [6, 6.07) is 6.87. The molecule has 1 aromatic rings. The lowest BCUT2D eigenvalue weighted by atomic mass is 10.1. The number of benzene rings is 1. The number of rotatable bonds is 6. The summed E-state index contributed by atoms with van der Waals surface area (Å²) >= 11 is 0. The zero-order chi connectivity index (χ0) is 14.4. The molecule has 2 rings (SSSR count). The molecule has 0 amide bonds. The second-order valence-corrected chi connectivity index (χ2v) is 5.74. The summed E-state index contributed by atoms with van der Waals surface area (Å²) in [7, 11) is 0. The Morgan fingerprint density at radius 2 is 1.85 bits per heavy atom. The summed E-state index contributed by atoms with van der Waals surface area (Å²) in [6.07, 6.45) is 1.26. The van der Waals surface area contributed by atoms with Crippen molar-refractivity contribution in [1.29, 1.82) is 0 Å². The molecule has 0 bridgehead atoms. The molecule has 0 aromatic heterocycles. The molecule has 0 atom stereocenters. The molecule has 1 aliphatic heterocycles. The summed E-state index contributed by atoms with van der Waals surface area (Å²) in [5.74, 6) is 0. The predicted molar refractivity (Wildman–Crippen MR) is 87.5 cm³/mol. The maximum Gasteiger partial charge on any atom is 0.0412 e. The van der Waals surface area contributed by atoms with E-state index in [2.05, 4.69) is 54.1 Å². The number of nitrogens with one attached hydrogen (secondary N) is 1. The Kier molecular flexibility index (Phi) is 5.86. The van der Waals surface area contributed by atoms with Gasteiger partial charge in [-0.15, -0.1) is 0 Å². The molecule has 1 N–H and O–H groups in total. The molecule has 112 valence electrons. The Morgan fingerprint density at radius 3 is 2.50 bits per heavy atom. The third kappa shape index (κ3) is 3.97. The molecule has 0 saturated carbocycles. The third-order valence-electron chi connectivity index (χ3n) is 4.05. The Hall–Kier alpha value is -1.06. The Morgan fingerprint density at radius 1 is 1.10 bits per heavy atom. The van der Waals surface area contributed by atoms with E-state index in [-0.39, 0.29) is 0 Å². The number of aryl methyl sites for hydroxylation is 1. The van der Waals surface area contributed by atoms with Gasteiger partial charge in [-0.25, -0.2) is 0 Å². The van der Waals surface area contributed by atoms with E-state index in [1.54, 1.807) is 0 Å². The van der Waals surface area contributed by atoms with Gasteiger partial charge in [0.05, 0.1) is 0 Å². The minimum Gasteiger partial charge on any atom is -0.369 e. The molecule has 0 aliphatic carbocycles. The fraction of sp³-hybridized carbons (Fsp3) is 0.647. The Balaban J connectivity index is 2.04.